The highest BCUT2D eigenvalue weighted by Crippen LogP contribution is 2.31. The van der Waals surface area contributed by atoms with Crippen molar-refractivity contribution in [2.75, 3.05) is 25.1 Å². The number of hydrogen-bond donors (Lipinski definition) is 1. The van der Waals surface area contributed by atoms with Gasteiger partial charge in [-0.3, -0.25) is 4.79 Å². The number of esters is 1. The second-order valence-electron chi connectivity index (χ2n) is 6.17. The highest BCUT2D eigenvalue weighted by atomic mass is 16.5. The van der Waals surface area contributed by atoms with E-state index in [0.717, 1.165) is 5.69 Å². The highest BCUT2D eigenvalue weighted by molar-refractivity contribution is 6.26. The summed E-state index contributed by atoms with van der Waals surface area (Å²) in [6.07, 6.45) is 0. The number of nitrogens with one attached hydrogen (secondary N) is 1. The zero-order chi connectivity index (χ0) is 21.6. The van der Waals surface area contributed by atoms with E-state index < -0.39 is 11.9 Å². The molecule has 8 nitrogen and oxygen atoms in total. The molecule has 1 N–H and O–H groups in total. The molecule has 0 saturated carbocycles. The molecule has 29 heavy (non-hydrogen) atoms. The Morgan fingerprint density at radius 2 is 1.83 bits per heavy atom. The van der Waals surface area contributed by atoms with Gasteiger partial charge in [0.1, 0.15) is 24.8 Å². The first-order valence-corrected chi connectivity index (χ1v) is 8.48. The molecule has 0 saturated heterocycles. The first-order valence-electron chi connectivity index (χ1n) is 8.48. The number of likely N-dealkylation sites (N-methyl/N-ethyl adjacent to an activating group) is 1. The Morgan fingerprint density at radius 3 is 2.34 bits per heavy atom. The van der Waals surface area contributed by atoms with Crippen LogP contribution in [0.3, 0.4) is 0 Å². The van der Waals surface area contributed by atoms with Gasteiger partial charge in [0.25, 0.3) is 5.91 Å². The number of carbonyl (C=O) groups excluding carboxylic acids is 2. The number of benzene rings is 1. The predicted molar refractivity (Wildman–Crippen MR) is 104 cm³/mol. The summed E-state index contributed by atoms with van der Waals surface area (Å²) < 4.78 is 5.06. The molecule has 0 atom stereocenters. The summed E-state index contributed by atoms with van der Waals surface area (Å²) in [4.78, 5) is 25.6. The Hall–Kier alpha value is -4.35. The maximum atomic E-state index is 12.3. The van der Waals surface area contributed by atoms with Gasteiger partial charge in [0, 0.05) is 18.3 Å². The third-order valence-corrected chi connectivity index (χ3v) is 4.16. The number of hydrogen-bond acceptors (Lipinski definition) is 7. The second kappa shape index (κ2) is 9.03. The van der Waals surface area contributed by atoms with E-state index >= 15 is 0 Å². The molecule has 144 valence electrons. The summed E-state index contributed by atoms with van der Waals surface area (Å²) in [6.45, 7) is 5.73. The maximum absolute atomic E-state index is 12.3. The highest BCUT2D eigenvalue weighted by Gasteiger charge is 2.31. The van der Waals surface area contributed by atoms with Gasteiger partial charge in [0.05, 0.1) is 23.4 Å². The van der Waals surface area contributed by atoms with E-state index in [0.29, 0.717) is 17.7 Å². The molecule has 8 heteroatoms. The topological polar surface area (TPSA) is 130 Å². The second-order valence-corrected chi connectivity index (χ2v) is 6.17. The van der Waals surface area contributed by atoms with Gasteiger partial charge < -0.3 is 15.0 Å². The number of ether oxygens (including phenoxy) is 1. The fourth-order valence-corrected chi connectivity index (χ4v) is 2.60. The molecule has 1 heterocycles. The summed E-state index contributed by atoms with van der Waals surface area (Å²) in [5.74, 6) is -0.998. The monoisotopic (exact) mass is 387 g/mol. The Morgan fingerprint density at radius 1 is 1.21 bits per heavy atom. The van der Waals surface area contributed by atoms with Crippen LogP contribution in [-0.2, 0) is 14.3 Å². The van der Waals surface area contributed by atoms with Crippen molar-refractivity contribution in [1.82, 2.24) is 5.32 Å². The average Bonchev–Trinajstić information content (AvgIpc) is 3.04. The van der Waals surface area contributed by atoms with Crippen LogP contribution in [0.1, 0.15) is 12.5 Å². The van der Waals surface area contributed by atoms with Gasteiger partial charge in [-0.2, -0.15) is 15.8 Å². The van der Waals surface area contributed by atoms with Gasteiger partial charge in [0.2, 0.25) is 0 Å². The molecule has 1 aromatic carbocycles. The van der Waals surface area contributed by atoms with Crippen molar-refractivity contribution in [2.24, 2.45) is 0 Å². The molecular weight excluding hydrogens is 370 g/mol. The van der Waals surface area contributed by atoms with Crippen molar-refractivity contribution in [3.63, 3.8) is 0 Å². The van der Waals surface area contributed by atoms with Crippen LogP contribution >= 0.6 is 0 Å². The molecule has 1 aliphatic rings. The van der Waals surface area contributed by atoms with E-state index in [9.17, 15) is 14.9 Å². The van der Waals surface area contributed by atoms with E-state index in [-0.39, 0.29) is 29.0 Å². The van der Waals surface area contributed by atoms with Crippen LogP contribution in [0.4, 0.5) is 5.69 Å². The maximum Gasteiger partial charge on any atom is 0.333 e. The molecule has 1 aromatic rings. The Kier molecular flexibility index (Phi) is 6.53. The third kappa shape index (κ3) is 4.50. The number of rotatable bonds is 6. The quantitative estimate of drug-likeness (QED) is 0.448. The van der Waals surface area contributed by atoms with Crippen LogP contribution in [0.15, 0.2) is 53.3 Å². The van der Waals surface area contributed by atoms with Crippen molar-refractivity contribution in [2.45, 2.75) is 6.92 Å². The zero-order valence-electron chi connectivity index (χ0n) is 15.9. The lowest BCUT2D eigenvalue weighted by molar-refractivity contribution is -0.138. The van der Waals surface area contributed by atoms with Gasteiger partial charge in [-0.05, 0) is 24.6 Å². The van der Waals surface area contributed by atoms with Crippen molar-refractivity contribution < 1.29 is 14.3 Å². The third-order valence-electron chi connectivity index (χ3n) is 4.16. The smallest absolute Gasteiger partial charge is 0.333 e. The van der Waals surface area contributed by atoms with Gasteiger partial charge in [-0.1, -0.05) is 18.7 Å². The molecule has 0 spiro atoms. The number of anilines is 1. The number of allylic oxidation sites excluding steroid dienone is 2. The molecule has 0 aliphatic carbocycles. The standard InChI is InChI=1S/C21H17N5O3/c1-13(2)21(28)29-9-8-26(3)16-6-4-14(5-7-16)18-17(12-24)19(25-20(18)27)15(10-22)11-23/h4-7H,1,8-9H2,2-3H3,(H,25,27). The minimum absolute atomic E-state index is 0.0408. The largest absolute Gasteiger partial charge is 0.460 e. The fourth-order valence-electron chi connectivity index (χ4n) is 2.60. The van der Waals surface area contributed by atoms with Crippen molar-refractivity contribution in [1.29, 1.82) is 15.8 Å². The van der Waals surface area contributed by atoms with E-state index in [1.54, 1.807) is 43.3 Å². The SMILES string of the molecule is C=C(C)C(=O)OCCN(C)c1ccc(C2=C(C#N)C(=C(C#N)C#N)NC2=O)cc1. The molecule has 0 aromatic heterocycles. The van der Waals surface area contributed by atoms with Gasteiger partial charge in [-0.15, -0.1) is 0 Å². The first-order chi connectivity index (χ1) is 13.8. The minimum atomic E-state index is -0.549. The number of nitriles is 3. The van der Waals surface area contributed by atoms with Gasteiger partial charge in [0.15, 0.2) is 5.57 Å². The average molecular weight is 387 g/mol. The molecule has 1 amide bonds. The fraction of sp³-hybridized carbons (Fsp3) is 0.190. The van der Waals surface area contributed by atoms with E-state index in [1.807, 2.05) is 18.0 Å². The summed E-state index contributed by atoms with van der Waals surface area (Å²) >= 11 is 0. The zero-order valence-corrected chi connectivity index (χ0v) is 15.9. The molecule has 0 radical (unpaired) electrons. The predicted octanol–water partition coefficient (Wildman–Crippen LogP) is 1.95. The van der Waals surface area contributed by atoms with Crippen LogP contribution < -0.4 is 10.2 Å². The number of carbonyl (C=O) groups is 2. The summed E-state index contributed by atoms with van der Waals surface area (Å²) in [5, 5.41) is 29.9. The van der Waals surface area contributed by atoms with Crippen LogP contribution in [-0.4, -0.2) is 32.1 Å². The summed E-state index contributed by atoms with van der Waals surface area (Å²) in [7, 11) is 1.82. The number of amides is 1. The van der Waals surface area contributed by atoms with Crippen molar-refractivity contribution >= 4 is 23.1 Å². The molecule has 0 fully saturated rings. The van der Waals surface area contributed by atoms with Crippen LogP contribution in [0, 0.1) is 34.0 Å². The summed E-state index contributed by atoms with van der Waals surface area (Å²) in [6, 6.07) is 12.1. The van der Waals surface area contributed by atoms with E-state index in [4.69, 9.17) is 15.3 Å². The lowest BCUT2D eigenvalue weighted by atomic mass is 10.00. The molecule has 0 bridgehead atoms. The minimum Gasteiger partial charge on any atom is -0.460 e. The molecule has 2 rings (SSSR count). The van der Waals surface area contributed by atoms with E-state index in [2.05, 4.69) is 11.9 Å². The Bertz CT molecular complexity index is 1040. The Balaban J connectivity index is 2.23. The molecule has 0 unspecified atom stereocenters. The Labute approximate surface area is 168 Å². The lowest BCUT2D eigenvalue weighted by Crippen LogP contribution is -2.24. The van der Waals surface area contributed by atoms with E-state index in [1.165, 1.54) is 0 Å². The van der Waals surface area contributed by atoms with Crippen molar-refractivity contribution in [3.8, 4) is 18.2 Å². The van der Waals surface area contributed by atoms with Crippen LogP contribution in [0.5, 0.6) is 0 Å². The normalized spacial score (nSPS) is 12.4. The van der Waals surface area contributed by atoms with Crippen molar-refractivity contribution in [3.05, 3.63) is 58.8 Å². The van der Waals surface area contributed by atoms with Gasteiger partial charge >= 0.3 is 5.97 Å². The lowest BCUT2D eigenvalue weighted by Gasteiger charge is -2.19. The van der Waals surface area contributed by atoms with Crippen LogP contribution in [0.25, 0.3) is 5.57 Å². The van der Waals surface area contributed by atoms with Gasteiger partial charge in [-0.25, -0.2) is 4.79 Å². The first kappa shape index (κ1) is 21.0. The molecule has 1 aliphatic heterocycles. The van der Waals surface area contributed by atoms with Crippen LogP contribution in [0.2, 0.25) is 0 Å². The summed E-state index contributed by atoms with van der Waals surface area (Å²) in [5.41, 5.74) is 1.29. The molecular formula is C21H17N5O3. The number of nitrogens with zero attached hydrogens (tertiary/aromatic N) is 4.